The monoisotopic (exact) mass is 310 g/mol. The van der Waals surface area contributed by atoms with Crippen molar-refractivity contribution in [2.24, 2.45) is 0 Å². The number of aromatic nitrogens is 4. The predicted molar refractivity (Wildman–Crippen MR) is 89.4 cm³/mol. The largest absolute Gasteiger partial charge is 0.214 e. The van der Waals surface area contributed by atoms with Crippen LogP contribution in [0, 0.1) is 20.8 Å². The SMILES string of the molecule is Cc1ccc(CSc2nnnn2-c2cc(C)cc(C)c2)cc1. The highest BCUT2D eigenvalue weighted by molar-refractivity contribution is 7.98. The van der Waals surface area contributed by atoms with Crippen molar-refractivity contribution in [3.63, 3.8) is 0 Å². The summed E-state index contributed by atoms with van der Waals surface area (Å²) in [5.41, 5.74) is 5.97. The Balaban J connectivity index is 1.81. The molecule has 0 saturated heterocycles. The zero-order chi connectivity index (χ0) is 15.5. The Morgan fingerprint density at radius 3 is 2.27 bits per heavy atom. The number of aryl methyl sites for hydroxylation is 3. The lowest BCUT2D eigenvalue weighted by Crippen LogP contribution is -2.00. The molecular formula is C17H18N4S. The van der Waals surface area contributed by atoms with Crippen molar-refractivity contribution in [1.82, 2.24) is 20.2 Å². The maximum atomic E-state index is 4.15. The molecule has 0 N–H and O–H groups in total. The number of rotatable bonds is 4. The quantitative estimate of drug-likeness (QED) is 0.686. The van der Waals surface area contributed by atoms with Crippen LogP contribution >= 0.6 is 11.8 Å². The van der Waals surface area contributed by atoms with E-state index >= 15 is 0 Å². The number of tetrazole rings is 1. The molecule has 3 rings (SSSR count). The van der Waals surface area contributed by atoms with Gasteiger partial charge in [-0.05, 0) is 60.0 Å². The van der Waals surface area contributed by atoms with Crippen LogP contribution in [0.5, 0.6) is 0 Å². The Morgan fingerprint density at radius 1 is 0.909 bits per heavy atom. The van der Waals surface area contributed by atoms with Crippen LogP contribution in [0.2, 0.25) is 0 Å². The molecular weight excluding hydrogens is 292 g/mol. The van der Waals surface area contributed by atoms with E-state index in [0.29, 0.717) is 0 Å². The Bertz CT molecular complexity index is 757. The summed E-state index contributed by atoms with van der Waals surface area (Å²) in [6.07, 6.45) is 0. The molecule has 0 aliphatic carbocycles. The Kier molecular flexibility index (Phi) is 4.24. The van der Waals surface area contributed by atoms with Gasteiger partial charge >= 0.3 is 0 Å². The second kappa shape index (κ2) is 6.32. The maximum Gasteiger partial charge on any atom is 0.214 e. The summed E-state index contributed by atoms with van der Waals surface area (Å²) < 4.78 is 1.80. The summed E-state index contributed by atoms with van der Waals surface area (Å²) >= 11 is 1.65. The van der Waals surface area contributed by atoms with Crippen molar-refractivity contribution in [1.29, 1.82) is 0 Å². The molecule has 22 heavy (non-hydrogen) atoms. The molecule has 1 aromatic heterocycles. The fraction of sp³-hybridized carbons (Fsp3) is 0.235. The molecule has 5 heteroatoms. The van der Waals surface area contributed by atoms with E-state index in [2.05, 4.69) is 78.8 Å². The van der Waals surface area contributed by atoms with Crippen molar-refractivity contribution in [2.75, 3.05) is 0 Å². The summed E-state index contributed by atoms with van der Waals surface area (Å²) in [5, 5.41) is 12.9. The van der Waals surface area contributed by atoms with Gasteiger partial charge in [-0.2, -0.15) is 4.68 Å². The van der Waals surface area contributed by atoms with Crippen LogP contribution in [0.3, 0.4) is 0 Å². The highest BCUT2D eigenvalue weighted by Crippen LogP contribution is 2.23. The van der Waals surface area contributed by atoms with Gasteiger partial charge in [0.25, 0.3) is 0 Å². The molecule has 0 aliphatic rings. The van der Waals surface area contributed by atoms with E-state index in [1.165, 1.54) is 22.3 Å². The van der Waals surface area contributed by atoms with E-state index in [1.807, 2.05) is 0 Å². The molecule has 112 valence electrons. The molecule has 4 nitrogen and oxygen atoms in total. The van der Waals surface area contributed by atoms with Crippen molar-refractivity contribution >= 4 is 11.8 Å². The van der Waals surface area contributed by atoms with Crippen LogP contribution < -0.4 is 0 Å². The third kappa shape index (κ3) is 3.36. The van der Waals surface area contributed by atoms with E-state index in [4.69, 9.17) is 0 Å². The van der Waals surface area contributed by atoms with Gasteiger partial charge in [0.1, 0.15) is 0 Å². The minimum absolute atomic E-state index is 0.811. The van der Waals surface area contributed by atoms with Gasteiger partial charge in [-0.15, -0.1) is 5.10 Å². The van der Waals surface area contributed by atoms with Crippen LogP contribution in [-0.2, 0) is 5.75 Å². The lowest BCUT2D eigenvalue weighted by molar-refractivity contribution is 0.755. The van der Waals surface area contributed by atoms with E-state index in [0.717, 1.165) is 16.6 Å². The average Bonchev–Trinajstić information content (AvgIpc) is 2.94. The van der Waals surface area contributed by atoms with Crippen molar-refractivity contribution in [2.45, 2.75) is 31.7 Å². The molecule has 0 fully saturated rings. The van der Waals surface area contributed by atoms with Gasteiger partial charge in [0, 0.05) is 5.75 Å². The zero-order valence-electron chi connectivity index (χ0n) is 12.9. The summed E-state index contributed by atoms with van der Waals surface area (Å²) in [6.45, 7) is 6.26. The Labute approximate surface area is 134 Å². The summed E-state index contributed by atoms with van der Waals surface area (Å²) in [6, 6.07) is 14.9. The molecule has 0 spiro atoms. The van der Waals surface area contributed by atoms with E-state index < -0.39 is 0 Å². The molecule has 0 bridgehead atoms. The molecule has 0 amide bonds. The first-order valence-electron chi connectivity index (χ1n) is 7.17. The maximum absolute atomic E-state index is 4.15. The van der Waals surface area contributed by atoms with Gasteiger partial charge in [-0.3, -0.25) is 0 Å². The lowest BCUT2D eigenvalue weighted by atomic mass is 10.1. The van der Waals surface area contributed by atoms with Crippen LogP contribution in [-0.4, -0.2) is 20.2 Å². The van der Waals surface area contributed by atoms with Gasteiger partial charge in [0.05, 0.1) is 5.69 Å². The van der Waals surface area contributed by atoms with Crippen LogP contribution in [0.15, 0.2) is 47.6 Å². The fourth-order valence-electron chi connectivity index (χ4n) is 2.34. The summed E-state index contributed by atoms with van der Waals surface area (Å²) in [4.78, 5) is 0. The lowest BCUT2D eigenvalue weighted by Gasteiger charge is -2.07. The smallest absolute Gasteiger partial charge is 0.187 e. The molecule has 0 aliphatic heterocycles. The Morgan fingerprint density at radius 2 is 1.59 bits per heavy atom. The molecule has 0 saturated carbocycles. The molecule has 1 heterocycles. The van der Waals surface area contributed by atoms with Gasteiger partial charge < -0.3 is 0 Å². The van der Waals surface area contributed by atoms with Gasteiger partial charge in [-0.25, -0.2) is 0 Å². The molecule has 0 atom stereocenters. The van der Waals surface area contributed by atoms with Gasteiger partial charge in [-0.1, -0.05) is 47.7 Å². The third-order valence-electron chi connectivity index (χ3n) is 3.38. The molecule has 2 aromatic carbocycles. The Hall–Kier alpha value is -2.14. The second-order valence-electron chi connectivity index (χ2n) is 5.49. The van der Waals surface area contributed by atoms with Crippen LogP contribution in [0.4, 0.5) is 0 Å². The molecule has 3 aromatic rings. The van der Waals surface area contributed by atoms with Crippen molar-refractivity contribution in [3.05, 3.63) is 64.7 Å². The van der Waals surface area contributed by atoms with Gasteiger partial charge in [0.2, 0.25) is 5.16 Å². The summed E-state index contributed by atoms with van der Waals surface area (Å²) in [5.74, 6) is 0.853. The number of nitrogens with zero attached hydrogens (tertiary/aromatic N) is 4. The van der Waals surface area contributed by atoms with E-state index in [1.54, 1.807) is 16.4 Å². The minimum Gasteiger partial charge on any atom is -0.187 e. The van der Waals surface area contributed by atoms with E-state index in [9.17, 15) is 0 Å². The third-order valence-corrected chi connectivity index (χ3v) is 4.37. The minimum atomic E-state index is 0.811. The number of hydrogen-bond donors (Lipinski definition) is 0. The highest BCUT2D eigenvalue weighted by Gasteiger charge is 2.10. The van der Waals surface area contributed by atoms with Crippen molar-refractivity contribution in [3.8, 4) is 5.69 Å². The number of thioether (sulfide) groups is 1. The first-order chi connectivity index (χ1) is 10.6. The second-order valence-corrected chi connectivity index (χ2v) is 6.44. The van der Waals surface area contributed by atoms with Crippen LogP contribution in [0.1, 0.15) is 22.3 Å². The normalized spacial score (nSPS) is 10.9. The number of benzene rings is 2. The predicted octanol–water partition coefficient (Wildman–Crippen LogP) is 3.88. The van der Waals surface area contributed by atoms with Crippen LogP contribution in [0.25, 0.3) is 5.69 Å². The first kappa shape index (κ1) is 14.8. The van der Waals surface area contributed by atoms with Gasteiger partial charge in [0.15, 0.2) is 0 Å². The first-order valence-corrected chi connectivity index (χ1v) is 8.16. The number of hydrogen-bond acceptors (Lipinski definition) is 4. The zero-order valence-corrected chi connectivity index (χ0v) is 13.8. The topological polar surface area (TPSA) is 43.6 Å². The fourth-order valence-corrected chi connectivity index (χ4v) is 3.18. The molecule has 0 radical (unpaired) electrons. The standard InChI is InChI=1S/C17H18N4S/c1-12-4-6-15(7-5-12)11-22-17-18-19-20-21(17)16-9-13(2)8-14(3)10-16/h4-10H,11H2,1-3H3. The average molecular weight is 310 g/mol. The highest BCUT2D eigenvalue weighted by atomic mass is 32.2. The van der Waals surface area contributed by atoms with Crippen molar-refractivity contribution < 1.29 is 0 Å². The van der Waals surface area contributed by atoms with E-state index in [-0.39, 0.29) is 0 Å². The molecule has 0 unspecified atom stereocenters. The summed E-state index contributed by atoms with van der Waals surface area (Å²) in [7, 11) is 0.